The van der Waals surface area contributed by atoms with Gasteiger partial charge in [0, 0.05) is 12.5 Å². The zero-order valence-corrected chi connectivity index (χ0v) is 13.1. The number of hydrogen-bond acceptors (Lipinski definition) is 4. The average Bonchev–Trinajstić information content (AvgIpc) is 2.49. The first-order valence-electron chi connectivity index (χ1n) is 7.46. The molecule has 7 nitrogen and oxygen atoms in total. The standard InChI is InChI=1S/C16H20N2O5/c1-10(7-8-15(20)21)17-14(19)9-18-12-5-3-4-6-13(12)23-11(2)16(18)22/h3-6,10-11H,7-9H2,1-2H3,(H,17,19)(H,20,21). The Balaban J connectivity index is 2.02. The molecule has 23 heavy (non-hydrogen) atoms. The summed E-state index contributed by atoms with van der Waals surface area (Å²) in [7, 11) is 0. The average molecular weight is 320 g/mol. The first-order chi connectivity index (χ1) is 10.9. The fourth-order valence-electron chi connectivity index (χ4n) is 2.40. The third kappa shape index (κ3) is 4.21. The van der Waals surface area contributed by atoms with E-state index in [4.69, 9.17) is 9.84 Å². The van der Waals surface area contributed by atoms with E-state index >= 15 is 0 Å². The van der Waals surface area contributed by atoms with Crippen LogP contribution in [0.4, 0.5) is 5.69 Å². The van der Waals surface area contributed by atoms with Crippen molar-refractivity contribution in [2.45, 2.75) is 38.8 Å². The quantitative estimate of drug-likeness (QED) is 0.820. The molecule has 124 valence electrons. The summed E-state index contributed by atoms with van der Waals surface area (Å²) in [6, 6.07) is 6.76. The van der Waals surface area contributed by atoms with Crippen molar-refractivity contribution < 1.29 is 24.2 Å². The summed E-state index contributed by atoms with van der Waals surface area (Å²) in [5.41, 5.74) is 0.559. The van der Waals surface area contributed by atoms with Crippen molar-refractivity contribution in [3.05, 3.63) is 24.3 Å². The molecule has 1 aliphatic rings. The number of para-hydroxylation sites is 2. The number of hydrogen-bond donors (Lipinski definition) is 2. The number of carbonyl (C=O) groups excluding carboxylic acids is 2. The normalized spacial score (nSPS) is 17.9. The van der Waals surface area contributed by atoms with E-state index in [1.54, 1.807) is 38.1 Å². The topological polar surface area (TPSA) is 95.9 Å². The van der Waals surface area contributed by atoms with E-state index in [0.29, 0.717) is 17.9 Å². The Hall–Kier alpha value is -2.57. The highest BCUT2D eigenvalue weighted by Crippen LogP contribution is 2.33. The smallest absolute Gasteiger partial charge is 0.303 e. The summed E-state index contributed by atoms with van der Waals surface area (Å²) >= 11 is 0. The number of fused-ring (bicyclic) bond motifs is 1. The molecule has 0 bridgehead atoms. The van der Waals surface area contributed by atoms with Crippen molar-refractivity contribution in [1.82, 2.24) is 5.32 Å². The van der Waals surface area contributed by atoms with E-state index in [9.17, 15) is 14.4 Å². The predicted molar refractivity (Wildman–Crippen MR) is 83.4 cm³/mol. The maximum Gasteiger partial charge on any atom is 0.303 e. The molecule has 0 aliphatic carbocycles. The molecule has 2 amide bonds. The van der Waals surface area contributed by atoms with Crippen LogP contribution in [0.1, 0.15) is 26.7 Å². The van der Waals surface area contributed by atoms with Crippen molar-refractivity contribution in [1.29, 1.82) is 0 Å². The molecule has 1 aromatic carbocycles. The lowest BCUT2D eigenvalue weighted by molar-refractivity contribution is -0.137. The van der Waals surface area contributed by atoms with E-state index in [0.717, 1.165) is 0 Å². The van der Waals surface area contributed by atoms with E-state index in [-0.39, 0.29) is 30.8 Å². The third-order valence-electron chi connectivity index (χ3n) is 3.57. The first kappa shape index (κ1) is 16.8. The van der Waals surface area contributed by atoms with Gasteiger partial charge in [-0.1, -0.05) is 12.1 Å². The molecule has 0 spiro atoms. The number of benzene rings is 1. The molecular weight excluding hydrogens is 300 g/mol. The van der Waals surface area contributed by atoms with Crippen molar-refractivity contribution in [3.8, 4) is 5.75 Å². The van der Waals surface area contributed by atoms with E-state index < -0.39 is 12.1 Å². The molecule has 2 unspecified atom stereocenters. The Kier molecular flexibility index (Phi) is 5.20. The number of carboxylic acids is 1. The number of aliphatic carboxylic acids is 1. The van der Waals surface area contributed by atoms with Gasteiger partial charge in [0.1, 0.15) is 12.3 Å². The van der Waals surface area contributed by atoms with Crippen LogP contribution in [-0.2, 0) is 14.4 Å². The van der Waals surface area contributed by atoms with Crippen molar-refractivity contribution in [2.24, 2.45) is 0 Å². The molecule has 2 N–H and O–H groups in total. The van der Waals surface area contributed by atoms with Crippen LogP contribution in [0.5, 0.6) is 5.75 Å². The van der Waals surface area contributed by atoms with Crippen molar-refractivity contribution >= 4 is 23.5 Å². The maximum absolute atomic E-state index is 12.3. The number of nitrogens with one attached hydrogen (secondary N) is 1. The van der Waals surface area contributed by atoms with Crippen LogP contribution in [0.25, 0.3) is 0 Å². The van der Waals surface area contributed by atoms with E-state index in [2.05, 4.69) is 5.32 Å². The molecule has 1 aliphatic heterocycles. The minimum atomic E-state index is -0.905. The Labute approximate surface area is 134 Å². The molecule has 1 aromatic rings. The number of carboxylic acid groups (broad SMARTS) is 1. The van der Waals surface area contributed by atoms with Gasteiger partial charge in [-0.25, -0.2) is 0 Å². The molecule has 7 heteroatoms. The summed E-state index contributed by atoms with van der Waals surface area (Å²) in [5.74, 6) is -0.958. The summed E-state index contributed by atoms with van der Waals surface area (Å²) < 4.78 is 5.51. The Bertz CT molecular complexity index is 616. The van der Waals surface area contributed by atoms with Crippen LogP contribution in [0.3, 0.4) is 0 Å². The van der Waals surface area contributed by atoms with Gasteiger partial charge >= 0.3 is 5.97 Å². The monoisotopic (exact) mass is 320 g/mol. The highest BCUT2D eigenvalue weighted by Gasteiger charge is 2.32. The molecule has 2 atom stereocenters. The maximum atomic E-state index is 12.3. The molecule has 1 heterocycles. The lowest BCUT2D eigenvalue weighted by atomic mass is 10.1. The number of anilines is 1. The first-order valence-corrected chi connectivity index (χ1v) is 7.46. The zero-order chi connectivity index (χ0) is 17.0. The minimum absolute atomic E-state index is 0.0161. The second kappa shape index (κ2) is 7.13. The number of rotatable bonds is 6. The summed E-state index contributed by atoms with van der Waals surface area (Å²) in [4.78, 5) is 36.3. The van der Waals surface area contributed by atoms with Gasteiger partial charge in [0.2, 0.25) is 5.91 Å². The fourth-order valence-corrected chi connectivity index (χ4v) is 2.40. The predicted octanol–water partition coefficient (Wildman–Crippen LogP) is 1.17. The Morgan fingerprint density at radius 3 is 2.78 bits per heavy atom. The van der Waals surface area contributed by atoms with Crippen LogP contribution in [0, 0.1) is 0 Å². The molecule has 0 saturated carbocycles. The molecule has 0 radical (unpaired) electrons. The highest BCUT2D eigenvalue weighted by atomic mass is 16.5. The summed E-state index contributed by atoms with van der Waals surface area (Å²) in [6.07, 6.45) is -0.328. The third-order valence-corrected chi connectivity index (χ3v) is 3.57. The van der Waals surface area contributed by atoms with Gasteiger partial charge in [-0.2, -0.15) is 0 Å². The lowest BCUT2D eigenvalue weighted by Crippen LogP contribution is -2.49. The SMILES string of the molecule is CC(CCC(=O)O)NC(=O)CN1C(=O)C(C)Oc2ccccc21. The number of amides is 2. The highest BCUT2D eigenvalue weighted by molar-refractivity contribution is 6.03. The van der Waals surface area contributed by atoms with Crippen molar-refractivity contribution in [2.75, 3.05) is 11.4 Å². The van der Waals surface area contributed by atoms with E-state index in [1.807, 2.05) is 0 Å². The lowest BCUT2D eigenvalue weighted by Gasteiger charge is -2.32. The van der Waals surface area contributed by atoms with Gasteiger partial charge in [0.25, 0.3) is 5.91 Å². The van der Waals surface area contributed by atoms with Crippen LogP contribution in [0.2, 0.25) is 0 Å². The molecule has 0 saturated heterocycles. The number of carbonyl (C=O) groups is 3. The van der Waals surface area contributed by atoms with Gasteiger partial charge in [-0.05, 0) is 32.4 Å². The van der Waals surface area contributed by atoms with Gasteiger partial charge in [-0.3, -0.25) is 19.3 Å². The number of ether oxygens (including phenoxy) is 1. The van der Waals surface area contributed by atoms with Gasteiger partial charge < -0.3 is 15.2 Å². The zero-order valence-electron chi connectivity index (χ0n) is 13.1. The van der Waals surface area contributed by atoms with Gasteiger partial charge in [0.15, 0.2) is 6.10 Å². The van der Waals surface area contributed by atoms with Gasteiger partial charge in [0.05, 0.1) is 5.69 Å². The Morgan fingerprint density at radius 2 is 2.09 bits per heavy atom. The fraction of sp³-hybridized carbons (Fsp3) is 0.438. The van der Waals surface area contributed by atoms with Gasteiger partial charge in [-0.15, -0.1) is 0 Å². The van der Waals surface area contributed by atoms with Crippen LogP contribution >= 0.6 is 0 Å². The second-order valence-corrected chi connectivity index (χ2v) is 5.55. The summed E-state index contributed by atoms with van der Waals surface area (Å²) in [5, 5.41) is 11.4. The molecule has 2 rings (SSSR count). The molecule has 0 aromatic heterocycles. The molecular formula is C16H20N2O5. The molecule has 0 fully saturated rings. The largest absolute Gasteiger partial charge is 0.481 e. The number of nitrogens with zero attached hydrogens (tertiary/aromatic N) is 1. The summed E-state index contributed by atoms with van der Waals surface area (Å²) in [6.45, 7) is 3.25. The second-order valence-electron chi connectivity index (χ2n) is 5.55. The Morgan fingerprint density at radius 1 is 1.39 bits per heavy atom. The van der Waals surface area contributed by atoms with E-state index in [1.165, 1.54) is 4.90 Å². The minimum Gasteiger partial charge on any atom is -0.481 e. The van der Waals surface area contributed by atoms with Crippen LogP contribution in [0.15, 0.2) is 24.3 Å². The van der Waals surface area contributed by atoms with Crippen LogP contribution < -0.4 is 15.0 Å². The van der Waals surface area contributed by atoms with Crippen LogP contribution in [-0.4, -0.2) is 41.6 Å². The van der Waals surface area contributed by atoms with Crippen molar-refractivity contribution in [3.63, 3.8) is 0 Å².